The summed E-state index contributed by atoms with van der Waals surface area (Å²) in [7, 11) is 0. The topological polar surface area (TPSA) is 15.3 Å². The molecule has 0 radical (unpaired) electrons. The Hall–Kier alpha value is -0.730. The van der Waals surface area contributed by atoms with Crippen molar-refractivity contribution in [1.82, 2.24) is 5.32 Å². The van der Waals surface area contributed by atoms with Crippen LogP contribution in [0.25, 0.3) is 0 Å². The summed E-state index contributed by atoms with van der Waals surface area (Å²) in [6.45, 7) is 10.9. The molecular weight excluding hydrogens is 280 g/mol. The lowest BCUT2D eigenvalue weighted by molar-refractivity contribution is 0.318. The minimum atomic E-state index is 0.671. The molecule has 0 heterocycles. The second-order valence-corrected chi connectivity index (χ2v) is 7.07. The van der Waals surface area contributed by atoms with E-state index in [1.165, 1.54) is 37.1 Å². The zero-order valence-corrected chi connectivity index (χ0v) is 14.4. The molecule has 1 fully saturated rings. The molecule has 1 aromatic carbocycles. The highest BCUT2D eigenvalue weighted by molar-refractivity contribution is 6.30. The van der Waals surface area contributed by atoms with Gasteiger partial charge in [-0.25, -0.2) is 0 Å². The molecule has 1 aromatic rings. The highest BCUT2D eigenvalue weighted by atomic mass is 35.5. The van der Waals surface area contributed by atoms with Gasteiger partial charge in [0.05, 0.1) is 0 Å². The lowest BCUT2D eigenvalue weighted by Gasteiger charge is -2.34. The van der Waals surface area contributed by atoms with Gasteiger partial charge in [-0.3, -0.25) is 0 Å². The molecule has 2 nitrogen and oxygen atoms in total. The van der Waals surface area contributed by atoms with Crippen molar-refractivity contribution in [2.45, 2.75) is 46.6 Å². The van der Waals surface area contributed by atoms with Crippen LogP contribution >= 0.6 is 11.6 Å². The van der Waals surface area contributed by atoms with Gasteiger partial charge in [-0.05, 0) is 61.9 Å². The van der Waals surface area contributed by atoms with Gasteiger partial charge in [-0.2, -0.15) is 0 Å². The van der Waals surface area contributed by atoms with Crippen molar-refractivity contribution in [2.75, 3.05) is 24.5 Å². The van der Waals surface area contributed by atoms with Crippen molar-refractivity contribution in [1.29, 1.82) is 0 Å². The molecule has 0 amide bonds. The van der Waals surface area contributed by atoms with E-state index < -0.39 is 0 Å². The third kappa shape index (κ3) is 4.89. The van der Waals surface area contributed by atoms with E-state index in [4.69, 9.17) is 11.6 Å². The molecule has 0 atom stereocenters. The monoisotopic (exact) mass is 308 g/mol. The zero-order chi connectivity index (χ0) is 15.2. The fourth-order valence-corrected chi connectivity index (χ4v) is 3.08. The number of halogens is 1. The zero-order valence-electron chi connectivity index (χ0n) is 13.7. The first kappa shape index (κ1) is 16.6. The molecule has 0 saturated heterocycles. The van der Waals surface area contributed by atoms with Gasteiger partial charge >= 0.3 is 0 Å². The fourth-order valence-electron chi connectivity index (χ4n) is 2.88. The summed E-state index contributed by atoms with van der Waals surface area (Å²) in [4.78, 5) is 2.52. The molecule has 1 N–H and O–H groups in total. The van der Waals surface area contributed by atoms with Crippen LogP contribution in [0, 0.1) is 11.8 Å². The van der Waals surface area contributed by atoms with E-state index in [9.17, 15) is 0 Å². The first-order chi connectivity index (χ1) is 10.1. The van der Waals surface area contributed by atoms with Crippen molar-refractivity contribution >= 4 is 17.3 Å². The average Bonchev–Trinajstić information content (AvgIpc) is 2.39. The Kier molecular flexibility index (Phi) is 6.38. The molecule has 0 unspecified atom stereocenters. The van der Waals surface area contributed by atoms with Crippen LogP contribution in [0.2, 0.25) is 5.02 Å². The smallest absolute Gasteiger partial charge is 0.0412 e. The highest BCUT2D eigenvalue weighted by Crippen LogP contribution is 2.31. The number of hydrogen-bond donors (Lipinski definition) is 1. The Morgan fingerprint density at radius 1 is 1.33 bits per heavy atom. The van der Waals surface area contributed by atoms with Crippen LogP contribution in [0.15, 0.2) is 18.2 Å². The molecule has 2 rings (SSSR count). The molecule has 21 heavy (non-hydrogen) atoms. The molecule has 118 valence electrons. The van der Waals surface area contributed by atoms with E-state index in [-0.39, 0.29) is 0 Å². The molecule has 3 heteroatoms. The summed E-state index contributed by atoms with van der Waals surface area (Å²) >= 11 is 6.20. The van der Waals surface area contributed by atoms with E-state index >= 15 is 0 Å². The van der Waals surface area contributed by atoms with Gasteiger partial charge in [0.25, 0.3) is 0 Å². The first-order valence-corrected chi connectivity index (χ1v) is 8.72. The van der Waals surface area contributed by atoms with Crippen molar-refractivity contribution in [3.05, 3.63) is 28.8 Å². The summed E-state index contributed by atoms with van der Waals surface area (Å²) in [5, 5.41) is 4.38. The molecule has 1 aliphatic carbocycles. The average molecular weight is 309 g/mol. The van der Waals surface area contributed by atoms with Gasteiger partial charge in [-0.15, -0.1) is 0 Å². The Labute approximate surface area is 134 Å². The SMILES string of the molecule is CCN(CC1CCC1)c1ccc(Cl)cc1CNCC(C)C. The number of nitrogens with one attached hydrogen (secondary N) is 1. The van der Waals surface area contributed by atoms with Crippen LogP contribution < -0.4 is 10.2 Å². The second-order valence-electron chi connectivity index (χ2n) is 6.63. The number of nitrogens with zero attached hydrogens (tertiary/aromatic N) is 1. The Morgan fingerprint density at radius 3 is 2.67 bits per heavy atom. The van der Waals surface area contributed by atoms with Crippen molar-refractivity contribution in [2.24, 2.45) is 11.8 Å². The fraction of sp³-hybridized carbons (Fsp3) is 0.667. The Bertz CT molecular complexity index is 441. The second kappa shape index (κ2) is 8.05. The van der Waals surface area contributed by atoms with Gasteiger partial charge in [0.15, 0.2) is 0 Å². The van der Waals surface area contributed by atoms with Gasteiger partial charge in [0.1, 0.15) is 0 Å². The van der Waals surface area contributed by atoms with E-state index in [1.807, 2.05) is 6.07 Å². The molecule has 0 aromatic heterocycles. The predicted octanol–water partition coefficient (Wildman–Crippen LogP) is 4.71. The lowest BCUT2D eigenvalue weighted by Crippen LogP contribution is -2.33. The maximum atomic E-state index is 6.20. The van der Waals surface area contributed by atoms with Gasteiger partial charge in [0.2, 0.25) is 0 Å². The summed E-state index contributed by atoms with van der Waals surface area (Å²) in [6.07, 6.45) is 4.20. The van der Waals surface area contributed by atoms with Crippen molar-refractivity contribution in [3.8, 4) is 0 Å². The minimum Gasteiger partial charge on any atom is -0.371 e. The number of anilines is 1. The van der Waals surface area contributed by atoms with Gasteiger partial charge in [-0.1, -0.05) is 31.9 Å². The van der Waals surface area contributed by atoms with E-state index in [0.717, 1.165) is 30.6 Å². The Balaban J connectivity index is 2.07. The number of hydrogen-bond acceptors (Lipinski definition) is 2. The van der Waals surface area contributed by atoms with Crippen LogP contribution in [0.1, 0.15) is 45.6 Å². The van der Waals surface area contributed by atoms with Crippen molar-refractivity contribution < 1.29 is 0 Å². The molecule has 1 saturated carbocycles. The standard InChI is InChI=1S/C18H29ClN2/c1-4-21(13-15-6-5-7-15)18-9-8-17(19)10-16(18)12-20-11-14(2)3/h8-10,14-15,20H,4-7,11-13H2,1-3H3. The van der Waals surface area contributed by atoms with Crippen LogP contribution in [0.3, 0.4) is 0 Å². The molecule has 1 aliphatic rings. The summed E-state index contributed by atoms with van der Waals surface area (Å²) in [5.74, 6) is 1.56. The van der Waals surface area contributed by atoms with Crippen LogP contribution in [-0.4, -0.2) is 19.6 Å². The quantitative estimate of drug-likeness (QED) is 0.748. The third-order valence-corrected chi connectivity index (χ3v) is 4.57. The first-order valence-electron chi connectivity index (χ1n) is 8.34. The molecular formula is C18H29ClN2. The molecule has 0 spiro atoms. The van der Waals surface area contributed by atoms with Crippen LogP contribution in [-0.2, 0) is 6.54 Å². The Morgan fingerprint density at radius 2 is 2.10 bits per heavy atom. The minimum absolute atomic E-state index is 0.671. The highest BCUT2D eigenvalue weighted by Gasteiger charge is 2.21. The molecule has 0 bridgehead atoms. The predicted molar refractivity (Wildman–Crippen MR) is 93.2 cm³/mol. The van der Waals surface area contributed by atoms with Crippen LogP contribution in [0.4, 0.5) is 5.69 Å². The van der Waals surface area contributed by atoms with Gasteiger partial charge in [0, 0.05) is 30.3 Å². The van der Waals surface area contributed by atoms with Crippen LogP contribution in [0.5, 0.6) is 0 Å². The lowest BCUT2D eigenvalue weighted by atomic mass is 9.85. The van der Waals surface area contributed by atoms with Gasteiger partial charge < -0.3 is 10.2 Å². The summed E-state index contributed by atoms with van der Waals surface area (Å²) in [5.41, 5.74) is 2.68. The summed E-state index contributed by atoms with van der Waals surface area (Å²) in [6, 6.07) is 6.33. The van der Waals surface area contributed by atoms with Crippen molar-refractivity contribution in [3.63, 3.8) is 0 Å². The van der Waals surface area contributed by atoms with E-state index in [2.05, 4.69) is 43.1 Å². The summed E-state index contributed by atoms with van der Waals surface area (Å²) < 4.78 is 0. The largest absolute Gasteiger partial charge is 0.371 e. The number of rotatable bonds is 8. The third-order valence-electron chi connectivity index (χ3n) is 4.34. The van der Waals surface area contributed by atoms with E-state index in [1.54, 1.807) is 0 Å². The maximum Gasteiger partial charge on any atom is 0.0412 e. The van der Waals surface area contributed by atoms with E-state index in [0.29, 0.717) is 5.92 Å². The number of benzene rings is 1. The maximum absolute atomic E-state index is 6.20. The normalized spacial score (nSPS) is 15.3. The molecule has 0 aliphatic heterocycles.